The summed E-state index contributed by atoms with van der Waals surface area (Å²) >= 11 is 5.81. The first kappa shape index (κ1) is 17.8. The van der Waals surface area contributed by atoms with Gasteiger partial charge in [0.1, 0.15) is 0 Å². The van der Waals surface area contributed by atoms with Gasteiger partial charge in [0.15, 0.2) is 0 Å². The van der Waals surface area contributed by atoms with Crippen LogP contribution in [0.2, 0.25) is 5.02 Å². The number of hydrazone groups is 1. The Labute approximate surface area is 141 Å². The summed E-state index contributed by atoms with van der Waals surface area (Å²) in [5, 5.41) is 6.89. The quantitative estimate of drug-likeness (QED) is 0.631. The Morgan fingerprint density at radius 2 is 1.92 bits per heavy atom. The van der Waals surface area contributed by atoms with E-state index in [9.17, 15) is 18.0 Å². The molecule has 0 heterocycles. The zero-order valence-electron chi connectivity index (χ0n) is 12.3. The van der Waals surface area contributed by atoms with E-state index in [1.54, 1.807) is 24.3 Å². The van der Waals surface area contributed by atoms with Crippen molar-refractivity contribution in [2.75, 3.05) is 11.9 Å². The molecule has 2 aromatic carbocycles. The summed E-state index contributed by atoms with van der Waals surface area (Å²) in [5.74, 6) is -0.495. The second-order valence-electron chi connectivity index (χ2n) is 4.78. The van der Waals surface area contributed by atoms with Gasteiger partial charge in [0, 0.05) is 10.7 Å². The van der Waals surface area contributed by atoms with Gasteiger partial charge < -0.3 is 5.32 Å². The van der Waals surface area contributed by atoms with Gasteiger partial charge >= 0.3 is 6.18 Å². The highest BCUT2D eigenvalue weighted by Gasteiger charge is 2.30. The Balaban J connectivity index is 1.85. The number of alkyl halides is 3. The number of carbonyl (C=O) groups excluding carboxylic acids is 1. The molecular weight excluding hydrogens is 343 g/mol. The van der Waals surface area contributed by atoms with E-state index in [1.807, 2.05) is 0 Å². The average molecular weight is 356 g/mol. The van der Waals surface area contributed by atoms with Crippen LogP contribution in [0.4, 0.5) is 18.9 Å². The Kier molecular flexibility index (Phi) is 5.81. The molecule has 2 aromatic rings. The summed E-state index contributed by atoms with van der Waals surface area (Å²) in [7, 11) is 0. The number of anilines is 1. The van der Waals surface area contributed by atoms with E-state index in [-0.39, 0.29) is 12.2 Å². The van der Waals surface area contributed by atoms with Crippen molar-refractivity contribution in [3.05, 3.63) is 64.7 Å². The van der Waals surface area contributed by atoms with Crippen LogP contribution in [0.1, 0.15) is 11.1 Å². The first-order chi connectivity index (χ1) is 11.3. The topological polar surface area (TPSA) is 53.5 Å². The van der Waals surface area contributed by atoms with Crippen molar-refractivity contribution in [3.63, 3.8) is 0 Å². The van der Waals surface area contributed by atoms with Crippen LogP contribution >= 0.6 is 11.6 Å². The third kappa shape index (κ3) is 5.58. The van der Waals surface area contributed by atoms with Gasteiger partial charge in [-0.1, -0.05) is 29.8 Å². The second kappa shape index (κ2) is 7.83. The van der Waals surface area contributed by atoms with Crippen LogP contribution in [0.3, 0.4) is 0 Å². The summed E-state index contributed by atoms with van der Waals surface area (Å²) in [6.45, 7) is -0.214. The van der Waals surface area contributed by atoms with E-state index in [1.165, 1.54) is 18.3 Å². The molecule has 0 radical (unpaired) electrons. The van der Waals surface area contributed by atoms with Gasteiger partial charge in [-0.15, -0.1) is 0 Å². The number of halogens is 4. The van der Waals surface area contributed by atoms with E-state index in [4.69, 9.17) is 11.6 Å². The van der Waals surface area contributed by atoms with E-state index in [2.05, 4.69) is 15.8 Å². The van der Waals surface area contributed by atoms with Gasteiger partial charge in [-0.2, -0.15) is 18.3 Å². The van der Waals surface area contributed by atoms with Crippen molar-refractivity contribution in [2.24, 2.45) is 5.10 Å². The standard InChI is InChI=1S/C16H13ClF3N3O/c17-13-5-1-3-11(7-13)9-22-23-15(24)10-21-14-6-2-4-12(8-14)16(18,19)20/h1-9,21H,10H2,(H,23,24). The molecule has 4 nitrogen and oxygen atoms in total. The highest BCUT2D eigenvalue weighted by atomic mass is 35.5. The summed E-state index contributed by atoms with van der Waals surface area (Å²) < 4.78 is 37.8. The van der Waals surface area contributed by atoms with Crippen molar-refractivity contribution >= 4 is 29.4 Å². The van der Waals surface area contributed by atoms with Crippen LogP contribution in [-0.2, 0) is 11.0 Å². The Morgan fingerprint density at radius 1 is 1.17 bits per heavy atom. The molecule has 0 unspecified atom stereocenters. The van der Waals surface area contributed by atoms with E-state index in [0.717, 1.165) is 12.1 Å². The van der Waals surface area contributed by atoms with Gasteiger partial charge in [0.25, 0.3) is 5.91 Å². The van der Waals surface area contributed by atoms with Crippen molar-refractivity contribution < 1.29 is 18.0 Å². The zero-order valence-corrected chi connectivity index (χ0v) is 13.0. The van der Waals surface area contributed by atoms with Crippen LogP contribution in [0, 0.1) is 0 Å². The molecule has 0 aliphatic rings. The molecule has 1 amide bonds. The minimum atomic E-state index is -4.43. The number of rotatable bonds is 5. The lowest BCUT2D eigenvalue weighted by Crippen LogP contribution is -2.26. The lowest BCUT2D eigenvalue weighted by Gasteiger charge is -2.10. The molecular formula is C16H13ClF3N3O. The third-order valence-corrected chi connectivity index (χ3v) is 3.13. The van der Waals surface area contributed by atoms with Crippen molar-refractivity contribution in [2.45, 2.75) is 6.18 Å². The average Bonchev–Trinajstić information content (AvgIpc) is 2.52. The maximum Gasteiger partial charge on any atom is 0.416 e. The van der Waals surface area contributed by atoms with Crippen LogP contribution in [-0.4, -0.2) is 18.7 Å². The van der Waals surface area contributed by atoms with Gasteiger partial charge in [-0.05, 0) is 35.9 Å². The van der Waals surface area contributed by atoms with E-state index in [0.29, 0.717) is 10.6 Å². The smallest absolute Gasteiger partial charge is 0.376 e. The normalized spacial score (nSPS) is 11.5. The largest absolute Gasteiger partial charge is 0.416 e. The maximum absolute atomic E-state index is 12.6. The lowest BCUT2D eigenvalue weighted by atomic mass is 10.2. The minimum absolute atomic E-state index is 0.193. The molecule has 2 N–H and O–H groups in total. The molecule has 24 heavy (non-hydrogen) atoms. The Hall–Kier alpha value is -2.54. The first-order valence-corrected chi connectivity index (χ1v) is 7.21. The Bertz CT molecular complexity index is 747. The molecule has 8 heteroatoms. The summed E-state index contributed by atoms with van der Waals surface area (Å²) in [6, 6.07) is 11.5. The molecule has 0 spiro atoms. The number of amides is 1. The second-order valence-corrected chi connectivity index (χ2v) is 5.22. The first-order valence-electron chi connectivity index (χ1n) is 6.83. The maximum atomic E-state index is 12.6. The molecule has 0 saturated carbocycles. The third-order valence-electron chi connectivity index (χ3n) is 2.89. The molecule has 2 rings (SSSR count). The monoisotopic (exact) mass is 355 g/mol. The van der Waals surface area contributed by atoms with Crippen molar-refractivity contribution in [1.82, 2.24) is 5.43 Å². The van der Waals surface area contributed by atoms with Crippen LogP contribution in [0.5, 0.6) is 0 Å². The summed E-state index contributed by atoms with van der Waals surface area (Å²) in [4.78, 5) is 11.6. The zero-order chi connectivity index (χ0) is 17.6. The minimum Gasteiger partial charge on any atom is -0.376 e. The molecule has 0 atom stereocenters. The lowest BCUT2D eigenvalue weighted by molar-refractivity contribution is -0.137. The molecule has 0 aliphatic carbocycles. The van der Waals surface area contributed by atoms with Crippen molar-refractivity contribution in [3.8, 4) is 0 Å². The molecule has 0 aromatic heterocycles. The summed E-state index contributed by atoms with van der Waals surface area (Å²) in [6.07, 6.45) is -3.02. The number of hydrogen-bond acceptors (Lipinski definition) is 3. The fourth-order valence-electron chi connectivity index (χ4n) is 1.79. The number of benzene rings is 2. The number of nitrogens with one attached hydrogen (secondary N) is 2. The fourth-order valence-corrected chi connectivity index (χ4v) is 1.99. The van der Waals surface area contributed by atoms with Crippen LogP contribution in [0.15, 0.2) is 53.6 Å². The predicted molar refractivity (Wildman–Crippen MR) is 87.1 cm³/mol. The van der Waals surface area contributed by atoms with Gasteiger partial charge in [-0.25, -0.2) is 5.43 Å². The van der Waals surface area contributed by atoms with Crippen molar-refractivity contribution in [1.29, 1.82) is 0 Å². The molecule has 126 valence electrons. The van der Waals surface area contributed by atoms with Gasteiger partial charge in [-0.3, -0.25) is 4.79 Å². The van der Waals surface area contributed by atoms with E-state index < -0.39 is 17.6 Å². The fraction of sp³-hybridized carbons (Fsp3) is 0.125. The molecule has 0 saturated heterocycles. The SMILES string of the molecule is O=C(CNc1cccc(C(F)(F)F)c1)NN=Cc1cccc(Cl)c1. The van der Waals surface area contributed by atoms with E-state index >= 15 is 0 Å². The van der Waals surface area contributed by atoms with Gasteiger partial charge in [0.2, 0.25) is 0 Å². The van der Waals surface area contributed by atoms with Crippen LogP contribution in [0.25, 0.3) is 0 Å². The summed E-state index contributed by atoms with van der Waals surface area (Å²) in [5.41, 5.74) is 2.38. The predicted octanol–water partition coefficient (Wildman–Crippen LogP) is 3.92. The molecule has 0 bridgehead atoms. The number of carbonyl (C=O) groups is 1. The van der Waals surface area contributed by atoms with Gasteiger partial charge in [0.05, 0.1) is 18.3 Å². The Morgan fingerprint density at radius 3 is 2.62 bits per heavy atom. The molecule has 0 aliphatic heterocycles. The number of nitrogens with zero attached hydrogens (tertiary/aromatic N) is 1. The molecule has 0 fully saturated rings. The van der Waals surface area contributed by atoms with Crippen LogP contribution < -0.4 is 10.7 Å². The number of hydrogen-bond donors (Lipinski definition) is 2. The highest BCUT2D eigenvalue weighted by molar-refractivity contribution is 6.30. The highest BCUT2D eigenvalue weighted by Crippen LogP contribution is 2.30.